The van der Waals surface area contributed by atoms with Crippen molar-refractivity contribution in [3.05, 3.63) is 29.6 Å². The molecule has 1 heterocycles. The van der Waals surface area contributed by atoms with Gasteiger partial charge in [-0.1, -0.05) is 6.42 Å². The van der Waals surface area contributed by atoms with Crippen LogP contribution in [0, 0.1) is 11.3 Å². The van der Waals surface area contributed by atoms with Gasteiger partial charge in [0.1, 0.15) is 6.07 Å². The molecule has 1 aromatic rings. The molecular weight excluding hydrogens is 148 g/mol. The number of hydrogen-bond donors (Lipinski definition) is 0. The van der Waals surface area contributed by atoms with Crippen LogP contribution in [-0.4, -0.2) is 4.98 Å². The van der Waals surface area contributed by atoms with E-state index in [9.17, 15) is 0 Å². The third kappa shape index (κ3) is 1.08. The van der Waals surface area contributed by atoms with E-state index in [0.717, 1.165) is 5.56 Å². The zero-order valence-corrected chi connectivity index (χ0v) is 6.83. The van der Waals surface area contributed by atoms with Gasteiger partial charge in [-0.25, -0.2) is 0 Å². The second-order valence-electron chi connectivity index (χ2n) is 3.20. The maximum atomic E-state index is 8.80. The molecule has 0 atom stereocenters. The van der Waals surface area contributed by atoms with E-state index in [4.69, 9.17) is 5.26 Å². The van der Waals surface area contributed by atoms with Gasteiger partial charge in [0.15, 0.2) is 0 Å². The third-order valence-corrected chi connectivity index (χ3v) is 2.52. The van der Waals surface area contributed by atoms with E-state index in [2.05, 4.69) is 11.1 Å². The molecule has 1 fully saturated rings. The van der Waals surface area contributed by atoms with Gasteiger partial charge in [-0.05, 0) is 30.4 Å². The van der Waals surface area contributed by atoms with Gasteiger partial charge in [0.05, 0.1) is 5.56 Å². The van der Waals surface area contributed by atoms with Gasteiger partial charge in [0.2, 0.25) is 0 Å². The summed E-state index contributed by atoms with van der Waals surface area (Å²) in [6, 6.07) is 4.16. The van der Waals surface area contributed by atoms with Crippen LogP contribution in [0.2, 0.25) is 0 Å². The topological polar surface area (TPSA) is 36.7 Å². The van der Waals surface area contributed by atoms with E-state index < -0.39 is 0 Å². The highest BCUT2D eigenvalue weighted by Crippen LogP contribution is 2.37. The van der Waals surface area contributed by atoms with Crippen LogP contribution in [0.3, 0.4) is 0 Å². The fourth-order valence-corrected chi connectivity index (χ4v) is 1.57. The smallest absolute Gasteiger partial charge is 0.101 e. The molecule has 2 heteroatoms. The van der Waals surface area contributed by atoms with E-state index in [-0.39, 0.29) is 0 Å². The Balaban J connectivity index is 2.35. The van der Waals surface area contributed by atoms with Gasteiger partial charge in [-0.3, -0.25) is 4.98 Å². The SMILES string of the molecule is N#Cc1cnccc1C1CCC1. The summed E-state index contributed by atoms with van der Waals surface area (Å²) in [7, 11) is 0. The summed E-state index contributed by atoms with van der Waals surface area (Å²) >= 11 is 0. The average molecular weight is 158 g/mol. The molecule has 0 radical (unpaired) electrons. The fourth-order valence-electron chi connectivity index (χ4n) is 1.57. The van der Waals surface area contributed by atoms with Crippen LogP contribution in [0.25, 0.3) is 0 Å². The van der Waals surface area contributed by atoms with Crippen LogP contribution in [0.1, 0.15) is 36.3 Å². The number of pyridine rings is 1. The Morgan fingerprint density at radius 1 is 1.50 bits per heavy atom. The molecule has 1 aliphatic carbocycles. The lowest BCUT2D eigenvalue weighted by Gasteiger charge is -2.26. The van der Waals surface area contributed by atoms with Gasteiger partial charge in [0.25, 0.3) is 0 Å². The molecule has 2 nitrogen and oxygen atoms in total. The van der Waals surface area contributed by atoms with Crippen LogP contribution < -0.4 is 0 Å². The first kappa shape index (κ1) is 7.30. The van der Waals surface area contributed by atoms with Crippen LogP contribution in [0.15, 0.2) is 18.5 Å². The predicted molar refractivity (Wildman–Crippen MR) is 45.5 cm³/mol. The fraction of sp³-hybridized carbons (Fsp3) is 0.400. The molecule has 0 amide bonds. The predicted octanol–water partition coefficient (Wildman–Crippen LogP) is 2.22. The lowest BCUT2D eigenvalue weighted by Crippen LogP contribution is -2.10. The average Bonchev–Trinajstić information content (AvgIpc) is 2.02. The van der Waals surface area contributed by atoms with Gasteiger partial charge in [-0.15, -0.1) is 0 Å². The minimum Gasteiger partial charge on any atom is -0.263 e. The van der Waals surface area contributed by atoms with Gasteiger partial charge >= 0.3 is 0 Å². The van der Waals surface area contributed by atoms with Gasteiger partial charge < -0.3 is 0 Å². The van der Waals surface area contributed by atoms with Gasteiger partial charge in [0, 0.05) is 12.4 Å². The Morgan fingerprint density at radius 2 is 2.33 bits per heavy atom. The Kier molecular flexibility index (Phi) is 1.79. The van der Waals surface area contributed by atoms with Crippen LogP contribution in [0.4, 0.5) is 0 Å². The Hall–Kier alpha value is -1.36. The lowest BCUT2D eigenvalue weighted by molar-refractivity contribution is 0.419. The summed E-state index contributed by atoms with van der Waals surface area (Å²) in [5, 5.41) is 8.80. The molecule has 1 aromatic heterocycles. The number of nitrogens with zero attached hydrogens (tertiary/aromatic N) is 2. The zero-order chi connectivity index (χ0) is 8.39. The quantitative estimate of drug-likeness (QED) is 0.628. The van der Waals surface area contributed by atoms with Crippen molar-refractivity contribution in [1.29, 1.82) is 5.26 Å². The Labute approximate surface area is 71.9 Å². The van der Waals surface area contributed by atoms with Crippen molar-refractivity contribution >= 4 is 0 Å². The molecule has 60 valence electrons. The Morgan fingerprint density at radius 3 is 2.92 bits per heavy atom. The maximum absolute atomic E-state index is 8.80. The summed E-state index contributed by atoms with van der Waals surface area (Å²) in [5.41, 5.74) is 1.95. The monoisotopic (exact) mass is 158 g/mol. The lowest BCUT2D eigenvalue weighted by atomic mass is 9.79. The highest BCUT2D eigenvalue weighted by Gasteiger charge is 2.21. The summed E-state index contributed by atoms with van der Waals surface area (Å²) in [6.07, 6.45) is 7.21. The van der Waals surface area contributed by atoms with E-state index in [1.165, 1.54) is 24.8 Å². The first-order valence-corrected chi connectivity index (χ1v) is 4.26. The highest BCUT2D eigenvalue weighted by atomic mass is 14.6. The number of hydrogen-bond acceptors (Lipinski definition) is 2. The van der Waals surface area contributed by atoms with Crippen molar-refractivity contribution in [3.63, 3.8) is 0 Å². The maximum Gasteiger partial charge on any atom is 0.101 e. The van der Waals surface area contributed by atoms with Crippen molar-refractivity contribution in [2.45, 2.75) is 25.2 Å². The molecule has 12 heavy (non-hydrogen) atoms. The molecule has 0 N–H and O–H groups in total. The summed E-state index contributed by atoms with van der Waals surface area (Å²) in [4.78, 5) is 3.93. The van der Waals surface area contributed by atoms with E-state index in [0.29, 0.717) is 5.92 Å². The number of aromatic nitrogens is 1. The minimum atomic E-state index is 0.627. The first-order valence-electron chi connectivity index (χ1n) is 4.26. The molecule has 0 bridgehead atoms. The summed E-state index contributed by atoms with van der Waals surface area (Å²) < 4.78 is 0. The van der Waals surface area contributed by atoms with Crippen molar-refractivity contribution in [2.75, 3.05) is 0 Å². The second-order valence-corrected chi connectivity index (χ2v) is 3.20. The molecule has 2 rings (SSSR count). The highest BCUT2D eigenvalue weighted by molar-refractivity contribution is 5.37. The number of rotatable bonds is 1. The van der Waals surface area contributed by atoms with E-state index >= 15 is 0 Å². The minimum absolute atomic E-state index is 0.627. The zero-order valence-electron chi connectivity index (χ0n) is 6.83. The van der Waals surface area contributed by atoms with Crippen molar-refractivity contribution in [2.24, 2.45) is 0 Å². The van der Waals surface area contributed by atoms with Crippen LogP contribution in [-0.2, 0) is 0 Å². The molecule has 0 saturated heterocycles. The van der Waals surface area contributed by atoms with Crippen LogP contribution >= 0.6 is 0 Å². The molecule has 1 aliphatic rings. The van der Waals surface area contributed by atoms with E-state index in [1.807, 2.05) is 6.07 Å². The normalized spacial score (nSPS) is 16.6. The molecule has 0 aliphatic heterocycles. The first-order chi connectivity index (χ1) is 5.92. The van der Waals surface area contributed by atoms with Crippen molar-refractivity contribution in [3.8, 4) is 6.07 Å². The van der Waals surface area contributed by atoms with Crippen molar-refractivity contribution < 1.29 is 0 Å². The van der Waals surface area contributed by atoms with E-state index in [1.54, 1.807) is 12.4 Å². The van der Waals surface area contributed by atoms with Crippen molar-refractivity contribution in [1.82, 2.24) is 4.98 Å². The molecule has 0 unspecified atom stereocenters. The molecular formula is C10H10N2. The summed E-state index contributed by atoms with van der Waals surface area (Å²) in [6.45, 7) is 0. The third-order valence-electron chi connectivity index (χ3n) is 2.52. The number of nitriles is 1. The molecule has 0 aromatic carbocycles. The standard InChI is InChI=1S/C10H10N2/c11-6-9-7-12-5-4-10(9)8-2-1-3-8/h4-5,7-8H,1-3H2. The largest absolute Gasteiger partial charge is 0.263 e. The van der Waals surface area contributed by atoms with Gasteiger partial charge in [-0.2, -0.15) is 5.26 Å². The summed E-state index contributed by atoms with van der Waals surface area (Å²) in [5.74, 6) is 0.627. The molecule has 1 saturated carbocycles. The molecule has 0 spiro atoms. The van der Waals surface area contributed by atoms with Crippen LogP contribution in [0.5, 0.6) is 0 Å². The Bertz CT molecular complexity index is 321. The second kappa shape index (κ2) is 2.94.